The Morgan fingerprint density at radius 2 is 2.00 bits per heavy atom. The van der Waals surface area contributed by atoms with Crippen LogP contribution >= 0.6 is 11.6 Å². The van der Waals surface area contributed by atoms with Gasteiger partial charge in [-0.15, -0.1) is 0 Å². The SMILES string of the molecule is O=C(COc1cccc(Cl)c1)N/N=C/c1cccn1-c1ccc([N+](=O)[O-])cc1. The highest BCUT2D eigenvalue weighted by Gasteiger charge is 2.07. The Morgan fingerprint density at radius 3 is 2.71 bits per heavy atom. The smallest absolute Gasteiger partial charge is 0.277 e. The average molecular weight is 399 g/mol. The van der Waals surface area contributed by atoms with Crippen LogP contribution in [0.4, 0.5) is 5.69 Å². The number of hydrogen-bond acceptors (Lipinski definition) is 5. The number of nitro groups is 1. The van der Waals surface area contributed by atoms with Crippen LogP contribution in [0, 0.1) is 10.1 Å². The number of ether oxygens (including phenoxy) is 1. The number of nitrogens with zero attached hydrogens (tertiary/aromatic N) is 3. The molecule has 1 amide bonds. The molecule has 0 aliphatic carbocycles. The van der Waals surface area contributed by atoms with Gasteiger partial charge >= 0.3 is 0 Å². The molecule has 3 rings (SSSR count). The monoisotopic (exact) mass is 398 g/mol. The summed E-state index contributed by atoms with van der Waals surface area (Å²) in [5.74, 6) is 0.0587. The summed E-state index contributed by atoms with van der Waals surface area (Å²) < 4.78 is 7.11. The zero-order valence-electron chi connectivity index (χ0n) is 14.5. The van der Waals surface area contributed by atoms with Crippen LogP contribution in [-0.4, -0.2) is 28.2 Å². The number of hydrazone groups is 1. The number of rotatable bonds is 7. The van der Waals surface area contributed by atoms with Crippen molar-refractivity contribution < 1.29 is 14.5 Å². The van der Waals surface area contributed by atoms with Crippen LogP contribution in [0.2, 0.25) is 5.02 Å². The summed E-state index contributed by atoms with van der Waals surface area (Å²) in [5.41, 5.74) is 3.80. The van der Waals surface area contributed by atoms with Crippen LogP contribution in [0.15, 0.2) is 72.0 Å². The van der Waals surface area contributed by atoms with Crippen molar-refractivity contribution in [1.82, 2.24) is 9.99 Å². The van der Waals surface area contributed by atoms with Gasteiger partial charge in [0.2, 0.25) is 0 Å². The van der Waals surface area contributed by atoms with E-state index in [-0.39, 0.29) is 12.3 Å². The lowest BCUT2D eigenvalue weighted by atomic mass is 10.3. The summed E-state index contributed by atoms with van der Waals surface area (Å²) in [6.07, 6.45) is 3.26. The van der Waals surface area contributed by atoms with Gasteiger partial charge in [0.15, 0.2) is 6.61 Å². The molecule has 1 N–H and O–H groups in total. The Balaban J connectivity index is 1.58. The number of hydrogen-bond donors (Lipinski definition) is 1. The van der Waals surface area contributed by atoms with Gasteiger partial charge in [0.25, 0.3) is 11.6 Å². The molecule has 3 aromatic rings. The average Bonchev–Trinajstić information content (AvgIpc) is 3.15. The van der Waals surface area contributed by atoms with Gasteiger partial charge in [-0.3, -0.25) is 14.9 Å². The minimum atomic E-state index is -0.456. The van der Waals surface area contributed by atoms with Gasteiger partial charge in [0.1, 0.15) is 5.75 Å². The van der Waals surface area contributed by atoms with Crippen molar-refractivity contribution in [2.45, 2.75) is 0 Å². The first-order valence-electron chi connectivity index (χ1n) is 8.15. The predicted molar refractivity (Wildman–Crippen MR) is 105 cm³/mol. The second-order valence-corrected chi connectivity index (χ2v) is 6.05. The van der Waals surface area contributed by atoms with Crippen molar-refractivity contribution >= 4 is 29.4 Å². The fourth-order valence-corrected chi connectivity index (χ4v) is 2.56. The summed E-state index contributed by atoms with van der Waals surface area (Å²) in [5, 5.41) is 15.2. The Labute approximate surface area is 165 Å². The van der Waals surface area contributed by atoms with E-state index >= 15 is 0 Å². The second kappa shape index (κ2) is 8.83. The number of non-ortho nitro benzene ring substituents is 1. The number of carbonyl (C=O) groups excluding carboxylic acids is 1. The van der Waals surface area contributed by atoms with Crippen molar-refractivity contribution in [3.63, 3.8) is 0 Å². The number of nitro benzene ring substituents is 1. The van der Waals surface area contributed by atoms with E-state index in [1.807, 2.05) is 0 Å². The molecule has 142 valence electrons. The molecule has 8 nitrogen and oxygen atoms in total. The van der Waals surface area contributed by atoms with Gasteiger partial charge in [0, 0.05) is 29.0 Å². The molecule has 0 unspecified atom stereocenters. The van der Waals surface area contributed by atoms with Crippen molar-refractivity contribution in [1.29, 1.82) is 0 Å². The first-order valence-corrected chi connectivity index (χ1v) is 8.53. The Morgan fingerprint density at radius 1 is 1.21 bits per heavy atom. The van der Waals surface area contributed by atoms with Crippen molar-refractivity contribution in [2.24, 2.45) is 5.10 Å². The van der Waals surface area contributed by atoms with Crippen LogP contribution in [-0.2, 0) is 4.79 Å². The first-order chi connectivity index (χ1) is 13.5. The maximum Gasteiger partial charge on any atom is 0.277 e. The van der Waals surface area contributed by atoms with Crippen molar-refractivity contribution in [3.05, 3.63) is 87.7 Å². The molecule has 0 bridgehead atoms. The third-order valence-corrected chi connectivity index (χ3v) is 3.91. The summed E-state index contributed by atoms with van der Waals surface area (Å²) in [7, 11) is 0. The lowest BCUT2D eigenvalue weighted by Crippen LogP contribution is -2.24. The molecule has 0 saturated carbocycles. The fraction of sp³-hybridized carbons (Fsp3) is 0.0526. The van der Waals surface area contributed by atoms with E-state index in [1.165, 1.54) is 18.3 Å². The van der Waals surface area contributed by atoms with Gasteiger partial charge < -0.3 is 9.30 Å². The van der Waals surface area contributed by atoms with E-state index in [0.29, 0.717) is 16.5 Å². The molecule has 1 aromatic heterocycles. The molecule has 0 spiro atoms. The lowest BCUT2D eigenvalue weighted by Gasteiger charge is -2.06. The molecule has 0 atom stereocenters. The summed E-state index contributed by atoms with van der Waals surface area (Å²) in [6, 6.07) is 16.4. The molecular formula is C19H15ClN4O4. The molecule has 0 saturated heterocycles. The molecule has 9 heteroatoms. The minimum Gasteiger partial charge on any atom is -0.484 e. The van der Waals surface area contributed by atoms with Crippen molar-refractivity contribution in [2.75, 3.05) is 6.61 Å². The zero-order chi connectivity index (χ0) is 19.9. The second-order valence-electron chi connectivity index (χ2n) is 5.62. The molecule has 1 heterocycles. The number of benzene rings is 2. The number of nitrogens with one attached hydrogen (secondary N) is 1. The third kappa shape index (κ3) is 4.95. The summed E-state index contributed by atoms with van der Waals surface area (Å²) in [4.78, 5) is 22.1. The molecule has 0 aliphatic heterocycles. The van der Waals surface area contributed by atoms with Gasteiger partial charge in [-0.05, 0) is 42.5 Å². The van der Waals surface area contributed by atoms with E-state index in [1.54, 1.807) is 59.3 Å². The normalized spacial score (nSPS) is 10.8. The van der Waals surface area contributed by atoms with Gasteiger partial charge in [-0.25, -0.2) is 5.43 Å². The van der Waals surface area contributed by atoms with Crippen LogP contribution in [0.5, 0.6) is 5.75 Å². The number of amides is 1. The van der Waals surface area contributed by atoms with Crippen LogP contribution in [0.25, 0.3) is 5.69 Å². The summed E-state index contributed by atoms with van der Waals surface area (Å²) in [6.45, 7) is -0.207. The highest BCUT2D eigenvalue weighted by molar-refractivity contribution is 6.30. The highest BCUT2D eigenvalue weighted by atomic mass is 35.5. The maximum absolute atomic E-state index is 11.8. The van der Waals surface area contributed by atoms with Crippen molar-refractivity contribution in [3.8, 4) is 11.4 Å². The fourth-order valence-electron chi connectivity index (χ4n) is 2.38. The largest absolute Gasteiger partial charge is 0.484 e. The molecule has 0 fully saturated rings. The van der Waals surface area contributed by atoms with E-state index in [2.05, 4.69) is 10.5 Å². The lowest BCUT2D eigenvalue weighted by molar-refractivity contribution is -0.384. The Hall–Kier alpha value is -3.65. The van der Waals surface area contributed by atoms with E-state index in [4.69, 9.17) is 16.3 Å². The quantitative estimate of drug-likeness (QED) is 0.373. The highest BCUT2D eigenvalue weighted by Crippen LogP contribution is 2.17. The maximum atomic E-state index is 11.8. The number of carbonyl (C=O) groups is 1. The molecule has 0 aliphatic rings. The third-order valence-electron chi connectivity index (χ3n) is 3.67. The first kappa shape index (κ1) is 19.1. The van der Waals surface area contributed by atoms with Gasteiger partial charge in [-0.1, -0.05) is 17.7 Å². The Kier molecular flexibility index (Phi) is 6.03. The summed E-state index contributed by atoms with van der Waals surface area (Å²) >= 11 is 5.85. The molecule has 0 radical (unpaired) electrons. The van der Waals surface area contributed by atoms with E-state index in [0.717, 1.165) is 5.69 Å². The van der Waals surface area contributed by atoms with Gasteiger partial charge in [-0.2, -0.15) is 5.10 Å². The molecule has 2 aromatic carbocycles. The van der Waals surface area contributed by atoms with Gasteiger partial charge in [0.05, 0.1) is 16.8 Å². The van der Waals surface area contributed by atoms with E-state index < -0.39 is 10.8 Å². The van der Waals surface area contributed by atoms with Crippen LogP contribution < -0.4 is 10.2 Å². The number of aromatic nitrogens is 1. The van der Waals surface area contributed by atoms with Crippen LogP contribution in [0.1, 0.15) is 5.69 Å². The number of halogens is 1. The topological polar surface area (TPSA) is 98.8 Å². The molecule has 28 heavy (non-hydrogen) atoms. The standard InChI is InChI=1S/C19H15ClN4O4/c20-14-3-1-5-18(11-14)28-13-19(25)22-21-12-17-4-2-10-23(17)15-6-8-16(9-7-15)24(26)27/h1-12H,13H2,(H,22,25)/b21-12+. The van der Waals surface area contributed by atoms with E-state index in [9.17, 15) is 14.9 Å². The zero-order valence-corrected chi connectivity index (χ0v) is 15.2. The Bertz CT molecular complexity index is 1010. The minimum absolute atomic E-state index is 0.0121. The predicted octanol–water partition coefficient (Wildman–Crippen LogP) is 3.57. The van der Waals surface area contributed by atoms with Crippen LogP contribution in [0.3, 0.4) is 0 Å². The molecular weight excluding hydrogens is 384 g/mol.